The van der Waals surface area contributed by atoms with E-state index in [4.69, 9.17) is 17.3 Å². The van der Waals surface area contributed by atoms with Crippen molar-refractivity contribution in [1.82, 2.24) is 9.78 Å². The summed E-state index contributed by atoms with van der Waals surface area (Å²) in [4.78, 5) is 0. The van der Waals surface area contributed by atoms with Crippen LogP contribution in [0.1, 0.15) is 32.0 Å². The molecule has 0 atom stereocenters. The quantitative estimate of drug-likeness (QED) is 0.852. The first-order chi connectivity index (χ1) is 8.30. The van der Waals surface area contributed by atoms with Crippen molar-refractivity contribution in [2.24, 2.45) is 0 Å². The van der Waals surface area contributed by atoms with Crippen LogP contribution in [0, 0.1) is 6.92 Å². The van der Waals surface area contributed by atoms with E-state index in [1.807, 2.05) is 31.2 Å². The van der Waals surface area contributed by atoms with Crippen LogP contribution in [0.25, 0.3) is 5.69 Å². The van der Waals surface area contributed by atoms with E-state index < -0.39 is 0 Å². The molecule has 18 heavy (non-hydrogen) atoms. The van der Waals surface area contributed by atoms with Gasteiger partial charge in [-0.1, -0.05) is 38.4 Å². The molecule has 0 fully saturated rings. The third-order valence-electron chi connectivity index (χ3n) is 2.97. The minimum atomic E-state index is -0.0220. The van der Waals surface area contributed by atoms with E-state index in [9.17, 15) is 0 Å². The molecule has 0 amide bonds. The Morgan fingerprint density at radius 2 is 1.94 bits per heavy atom. The number of benzene rings is 1. The second-order valence-corrected chi connectivity index (χ2v) is 5.91. The maximum atomic E-state index is 6.13. The molecular formula is C14H18ClN3. The zero-order valence-corrected chi connectivity index (χ0v) is 11.9. The molecule has 0 aliphatic heterocycles. The molecule has 1 aromatic carbocycles. The predicted molar refractivity (Wildman–Crippen MR) is 76.4 cm³/mol. The average Bonchev–Trinajstić information content (AvgIpc) is 2.64. The van der Waals surface area contributed by atoms with Gasteiger partial charge >= 0.3 is 0 Å². The van der Waals surface area contributed by atoms with E-state index in [2.05, 4.69) is 25.9 Å². The summed E-state index contributed by atoms with van der Waals surface area (Å²) < 4.78 is 1.75. The number of aromatic nitrogens is 2. The number of anilines is 1. The number of nitrogens with zero attached hydrogens (tertiary/aromatic N) is 2. The predicted octanol–water partition coefficient (Wildman–Crippen LogP) is 3.71. The molecule has 4 heteroatoms. The van der Waals surface area contributed by atoms with Crippen LogP contribution in [0.3, 0.4) is 0 Å². The maximum absolute atomic E-state index is 6.13. The average molecular weight is 264 g/mol. The molecule has 0 saturated heterocycles. The van der Waals surface area contributed by atoms with Crippen molar-refractivity contribution in [2.45, 2.75) is 33.1 Å². The molecule has 0 aliphatic carbocycles. The molecule has 0 spiro atoms. The minimum Gasteiger partial charge on any atom is -0.384 e. The summed E-state index contributed by atoms with van der Waals surface area (Å²) >= 11 is 6.13. The van der Waals surface area contributed by atoms with Gasteiger partial charge in [-0.05, 0) is 24.6 Å². The van der Waals surface area contributed by atoms with Crippen molar-refractivity contribution >= 4 is 17.4 Å². The van der Waals surface area contributed by atoms with E-state index in [0.29, 0.717) is 5.82 Å². The van der Waals surface area contributed by atoms with Crippen LogP contribution in [-0.4, -0.2) is 9.78 Å². The second-order valence-electron chi connectivity index (χ2n) is 5.50. The lowest BCUT2D eigenvalue weighted by atomic mass is 9.92. The number of rotatable bonds is 1. The first-order valence-corrected chi connectivity index (χ1v) is 6.30. The molecule has 2 N–H and O–H groups in total. The van der Waals surface area contributed by atoms with Gasteiger partial charge < -0.3 is 5.73 Å². The molecule has 0 aliphatic rings. The Labute approximate surface area is 113 Å². The van der Waals surface area contributed by atoms with Gasteiger partial charge in [0.05, 0.1) is 11.4 Å². The Morgan fingerprint density at radius 1 is 1.28 bits per heavy atom. The molecule has 1 aromatic heterocycles. The molecule has 2 aromatic rings. The van der Waals surface area contributed by atoms with Crippen molar-refractivity contribution in [1.29, 1.82) is 0 Å². The number of halogens is 1. The first kappa shape index (κ1) is 13.0. The minimum absolute atomic E-state index is 0.0220. The van der Waals surface area contributed by atoms with Crippen LogP contribution < -0.4 is 5.73 Å². The van der Waals surface area contributed by atoms with Crippen LogP contribution in [0.5, 0.6) is 0 Å². The summed E-state index contributed by atoms with van der Waals surface area (Å²) in [6, 6.07) is 7.66. The fraction of sp³-hybridized carbons (Fsp3) is 0.357. The Morgan fingerprint density at radius 3 is 2.50 bits per heavy atom. The highest BCUT2D eigenvalue weighted by atomic mass is 35.5. The van der Waals surface area contributed by atoms with Gasteiger partial charge in [0.15, 0.2) is 0 Å². The van der Waals surface area contributed by atoms with Crippen molar-refractivity contribution in [3.63, 3.8) is 0 Å². The lowest BCUT2D eigenvalue weighted by molar-refractivity contribution is 0.560. The Kier molecular flexibility index (Phi) is 3.11. The van der Waals surface area contributed by atoms with Gasteiger partial charge in [-0.15, -0.1) is 0 Å². The van der Waals surface area contributed by atoms with Crippen LogP contribution in [-0.2, 0) is 5.41 Å². The lowest BCUT2D eigenvalue weighted by Crippen LogP contribution is -2.12. The summed E-state index contributed by atoms with van der Waals surface area (Å²) in [7, 11) is 0. The van der Waals surface area contributed by atoms with Gasteiger partial charge in [0.2, 0.25) is 0 Å². The topological polar surface area (TPSA) is 43.8 Å². The summed E-state index contributed by atoms with van der Waals surface area (Å²) in [5.74, 6) is 0.630. The van der Waals surface area contributed by atoms with Crippen LogP contribution >= 0.6 is 11.6 Å². The Hall–Kier alpha value is -1.48. The highest BCUT2D eigenvalue weighted by molar-refractivity contribution is 6.31. The smallest absolute Gasteiger partial charge is 0.127 e. The van der Waals surface area contributed by atoms with E-state index in [0.717, 1.165) is 22.0 Å². The summed E-state index contributed by atoms with van der Waals surface area (Å²) in [6.45, 7) is 8.31. The molecule has 96 valence electrons. The summed E-state index contributed by atoms with van der Waals surface area (Å²) in [6.07, 6.45) is 0. The number of hydrogen-bond donors (Lipinski definition) is 1. The Bertz CT molecular complexity index is 579. The molecule has 0 saturated carbocycles. The van der Waals surface area contributed by atoms with Gasteiger partial charge in [-0.3, -0.25) is 0 Å². The third-order valence-corrected chi connectivity index (χ3v) is 3.38. The number of nitrogen functional groups attached to an aromatic ring is 1. The largest absolute Gasteiger partial charge is 0.384 e. The van der Waals surface area contributed by atoms with Crippen molar-refractivity contribution in [3.8, 4) is 5.69 Å². The highest BCUT2D eigenvalue weighted by Gasteiger charge is 2.20. The molecule has 2 rings (SSSR count). The summed E-state index contributed by atoms with van der Waals surface area (Å²) in [5, 5.41) is 5.31. The van der Waals surface area contributed by atoms with Gasteiger partial charge in [0.25, 0.3) is 0 Å². The van der Waals surface area contributed by atoms with Crippen LogP contribution in [0.15, 0.2) is 24.3 Å². The number of hydrogen-bond acceptors (Lipinski definition) is 2. The van der Waals surface area contributed by atoms with Crippen molar-refractivity contribution in [2.75, 3.05) is 5.73 Å². The summed E-state index contributed by atoms with van der Waals surface area (Å²) in [5.41, 5.74) is 8.90. The zero-order valence-electron chi connectivity index (χ0n) is 11.2. The molecule has 3 nitrogen and oxygen atoms in total. The second kappa shape index (κ2) is 4.32. The van der Waals surface area contributed by atoms with Crippen molar-refractivity contribution < 1.29 is 0 Å². The normalized spacial score (nSPS) is 11.8. The van der Waals surface area contributed by atoms with Gasteiger partial charge in [-0.2, -0.15) is 5.10 Å². The fourth-order valence-electron chi connectivity index (χ4n) is 1.78. The lowest BCUT2D eigenvalue weighted by Gasteiger charge is -2.14. The number of nitrogens with two attached hydrogens (primary N) is 1. The van der Waals surface area contributed by atoms with Crippen molar-refractivity contribution in [3.05, 3.63) is 40.5 Å². The first-order valence-electron chi connectivity index (χ1n) is 5.92. The monoisotopic (exact) mass is 263 g/mol. The molecule has 1 heterocycles. The standard InChI is InChI=1S/C14H18ClN3/c1-9-10(15)6-5-7-11(9)18-13(16)8-12(17-18)14(2,3)4/h5-8H,16H2,1-4H3. The van der Waals surface area contributed by atoms with Gasteiger partial charge in [0, 0.05) is 16.5 Å². The fourth-order valence-corrected chi connectivity index (χ4v) is 1.95. The van der Waals surface area contributed by atoms with Gasteiger partial charge in [-0.25, -0.2) is 4.68 Å². The van der Waals surface area contributed by atoms with Crippen LogP contribution in [0.4, 0.5) is 5.82 Å². The van der Waals surface area contributed by atoms with E-state index in [1.165, 1.54) is 0 Å². The van der Waals surface area contributed by atoms with Gasteiger partial charge in [0.1, 0.15) is 5.82 Å². The highest BCUT2D eigenvalue weighted by Crippen LogP contribution is 2.27. The van der Waals surface area contributed by atoms with Crippen LogP contribution in [0.2, 0.25) is 5.02 Å². The van der Waals surface area contributed by atoms with E-state index in [1.54, 1.807) is 4.68 Å². The molecule has 0 unspecified atom stereocenters. The SMILES string of the molecule is Cc1c(Cl)cccc1-n1nc(C(C)(C)C)cc1N. The van der Waals surface area contributed by atoms with E-state index >= 15 is 0 Å². The Balaban J connectivity index is 2.58. The maximum Gasteiger partial charge on any atom is 0.127 e. The molecule has 0 bridgehead atoms. The molecular weight excluding hydrogens is 246 g/mol. The molecule has 0 radical (unpaired) electrons. The zero-order chi connectivity index (χ0) is 13.5. The third kappa shape index (κ3) is 2.23. The van der Waals surface area contributed by atoms with E-state index in [-0.39, 0.29) is 5.41 Å².